The van der Waals surface area contributed by atoms with E-state index < -0.39 is 0 Å². The van der Waals surface area contributed by atoms with Crippen LogP contribution in [0.4, 0.5) is 0 Å². The van der Waals surface area contributed by atoms with Crippen LogP contribution in [0.2, 0.25) is 0 Å². The van der Waals surface area contributed by atoms with E-state index in [9.17, 15) is 0 Å². The maximum Gasteiger partial charge on any atom is -0.00725 e. The summed E-state index contributed by atoms with van der Waals surface area (Å²) in [4.78, 5) is 0. The standard InChI is InChI=1S/C20H26/c1-15-6-7-16(2)14-18(9-8-15)17-10-12-19(13-11-17)20(3,4)5/h6-16H,1-5H3/b7-6-,9-8-,18-14+. The Morgan fingerprint density at radius 1 is 0.800 bits per heavy atom. The molecule has 0 saturated carbocycles. The minimum Gasteiger partial charge on any atom is -0.0813 e. The molecule has 0 heterocycles. The summed E-state index contributed by atoms with van der Waals surface area (Å²) in [5, 5.41) is 0. The molecule has 1 aromatic carbocycles. The van der Waals surface area contributed by atoms with Crippen LogP contribution < -0.4 is 0 Å². The van der Waals surface area contributed by atoms with Crippen molar-refractivity contribution in [2.45, 2.75) is 40.0 Å². The largest absolute Gasteiger partial charge is 0.0813 e. The van der Waals surface area contributed by atoms with Gasteiger partial charge in [0.15, 0.2) is 0 Å². The molecule has 2 atom stereocenters. The molecule has 1 aliphatic rings. The van der Waals surface area contributed by atoms with Crippen molar-refractivity contribution >= 4 is 5.57 Å². The molecule has 0 aliphatic heterocycles. The van der Waals surface area contributed by atoms with Gasteiger partial charge in [0.05, 0.1) is 0 Å². The van der Waals surface area contributed by atoms with E-state index >= 15 is 0 Å². The zero-order chi connectivity index (χ0) is 14.8. The van der Waals surface area contributed by atoms with Crippen molar-refractivity contribution < 1.29 is 0 Å². The predicted molar refractivity (Wildman–Crippen MR) is 89.7 cm³/mol. The Balaban J connectivity index is 2.33. The van der Waals surface area contributed by atoms with Gasteiger partial charge in [-0.2, -0.15) is 0 Å². The molecule has 0 aromatic heterocycles. The normalized spacial score (nSPS) is 28.9. The summed E-state index contributed by atoms with van der Waals surface area (Å²) in [6, 6.07) is 9.01. The zero-order valence-corrected chi connectivity index (χ0v) is 13.4. The van der Waals surface area contributed by atoms with Crippen molar-refractivity contribution in [2.24, 2.45) is 11.8 Å². The van der Waals surface area contributed by atoms with Crippen LogP contribution in [-0.2, 0) is 5.41 Å². The second kappa shape index (κ2) is 5.83. The van der Waals surface area contributed by atoms with Crippen LogP contribution in [0.15, 0.2) is 54.6 Å². The third-order valence-corrected chi connectivity index (χ3v) is 3.82. The van der Waals surface area contributed by atoms with Gasteiger partial charge in [-0.25, -0.2) is 0 Å². The molecule has 0 fully saturated rings. The van der Waals surface area contributed by atoms with Crippen molar-refractivity contribution in [3.63, 3.8) is 0 Å². The highest BCUT2D eigenvalue weighted by Crippen LogP contribution is 2.26. The Morgan fingerprint density at radius 3 is 2.00 bits per heavy atom. The average Bonchev–Trinajstić information content (AvgIpc) is 2.38. The molecule has 0 radical (unpaired) electrons. The fraction of sp³-hybridized carbons (Fsp3) is 0.400. The number of rotatable bonds is 1. The van der Waals surface area contributed by atoms with Crippen LogP contribution in [-0.4, -0.2) is 0 Å². The minimum atomic E-state index is 0.216. The Labute approximate surface area is 123 Å². The van der Waals surface area contributed by atoms with Gasteiger partial charge in [0.25, 0.3) is 0 Å². The molecule has 2 rings (SSSR count). The fourth-order valence-electron chi connectivity index (χ4n) is 2.42. The molecule has 0 saturated heterocycles. The van der Waals surface area contributed by atoms with E-state index in [1.165, 1.54) is 16.7 Å². The van der Waals surface area contributed by atoms with Crippen LogP contribution in [0.5, 0.6) is 0 Å². The van der Waals surface area contributed by atoms with E-state index in [0.29, 0.717) is 11.8 Å². The molecule has 0 nitrogen and oxygen atoms in total. The molecule has 0 spiro atoms. The maximum absolute atomic E-state index is 2.34. The molecular weight excluding hydrogens is 240 g/mol. The highest BCUT2D eigenvalue weighted by atomic mass is 14.2. The van der Waals surface area contributed by atoms with Gasteiger partial charge < -0.3 is 0 Å². The Morgan fingerprint density at radius 2 is 1.40 bits per heavy atom. The SMILES string of the molecule is CC1/C=C\C(c2ccc(C(C)(C)C)cc2)=C/C(C)/C=C\1. The van der Waals surface area contributed by atoms with Gasteiger partial charge in [-0.3, -0.25) is 0 Å². The summed E-state index contributed by atoms with van der Waals surface area (Å²) in [6.45, 7) is 11.2. The molecule has 1 aromatic rings. The van der Waals surface area contributed by atoms with Gasteiger partial charge in [0, 0.05) is 0 Å². The van der Waals surface area contributed by atoms with Gasteiger partial charge in [-0.15, -0.1) is 0 Å². The molecular formula is C20H26. The van der Waals surface area contributed by atoms with E-state index in [0.717, 1.165) is 0 Å². The van der Waals surface area contributed by atoms with Gasteiger partial charge >= 0.3 is 0 Å². The lowest BCUT2D eigenvalue weighted by molar-refractivity contribution is 0.590. The third-order valence-electron chi connectivity index (χ3n) is 3.82. The van der Waals surface area contributed by atoms with E-state index in [2.05, 4.69) is 89.3 Å². The van der Waals surface area contributed by atoms with Crippen molar-refractivity contribution in [1.29, 1.82) is 0 Å². The Hall–Kier alpha value is -1.56. The first-order chi connectivity index (χ1) is 9.36. The van der Waals surface area contributed by atoms with Crippen LogP contribution in [0.3, 0.4) is 0 Å². The zero-order valence-electron chi connectivity index (χ0n) is 13.4. The van der Waals surface area contributed by atoms with Gasteiger partial charge in [-0.1, -0.05) is 89.3 Å². The van der Waals surface area contributed by atoms with Crippen molar-refractivity contribution in [3.8, 4) is 0 Å². The quantitative estimate of drug-likeness (QED) is 0.566. The Bertz CT molecular complexity index is 532. The smallest absolute Gasteiger partial charge is 0.00725 e. The highest BCUT2D eigenvalue weighted by molar-refractivity contribution is 5.74. The second-order valence-electron chi connectivity index (χ2n) is 6.91. The number of hydrogen-bond acceptors (Lipinski definition) is 0. The fourth-order valence-corrected chi connectivity index (χ4v) is 2.42. The lowest BCUT2D eigenvalue weighted by Gasteiger charge is -2.19. The van der Waals surface area contributed by atoms with Crippen molar-refractivity contribution in [1.82, 2.24) is 0 Å². The average molecular weight is 266 g/mol. The molecule has 0 N–H and O–H groups in total. The summed E-state index contributed by atoms with van der Waals surface area (Å²) in [5.74, 6) is 0.995. The molecule has 0 amide bonds. The minimum absolute atomic E-state index is 0.216. The van der Waals surface area contributed by atoms with Crippen LogP contribution in [0, 0.1) is 11.8 Å². The molecule has 0 heteroatoms. The van der Waals surface area contributed by atoms with E-state index in [-0.39, 0.29) is 5.41 Å². The van der Waals surface area contributed by atoms with Crippen molar-refractivity contribution in [2.75, 3.05) is 0 Å². The van der Waals surface area contributed by atoms with Gasteiger partial charge in [0.1, 0.15) is 0 Å². The van der Waals surface area contributed by atoms with Crippen LogP contribution >= 0.6 is 0 Å². The maximum atomic E-state index is 2.34. The summed E-state index contributed by atoms with van der Waals surface area (Å²) < 4.78 is 0. The Kier molecular flexibility index (Phi) is 4.32. The molecule has 20 heavy (non-hydrogen) atoms. The van der Waals surface area contributed by atoms with Crippen molar-refractivity contribution in [3.05, 3.63) is 65.8 Å². The summed E-state index contributed by atoms with van der Waals surface area (Å²) >= 11 is 0. The number of benzene rings is 1. The van der Waals surface area contributed by atoms with Crippen LogP contribution in [0.1, 0.15) is 45.7 Å². The monoisotopic (exact) mass is 266 g/mol. The number of allylic oxidation sites excluding steroid dienone is 6. The molecule has 0 bridgehead atoms. The van der Waals surface area contributed by atoms with Gasteiger partial charge in [-0.05, 0) is 34.0 Å². The van der Waals surface area contributed by atoms with E-state index in [4.69, 9.17) is 0 Å². The first-order valence-corrected chi connectivity index (χ1v) is 7.55. The summed E-state index contributed by atoms with van der Waals surface area (Å²) in [7, 11) is 0. The lowest BCUT2D eigenvalue weighted by Crippen LogP contribution is -2.10. The van der Waals surface area contributed by atoms with Gasteiger partial charge in [0.2, 0.25) is 0 Å². The third kappa shape index (κ3) is 3.72. The summed E-state index contributed by atoms with van der Waals surface area (Å²) in [5.41, 5.74) is 4.24. The topological polar surface area (TPSA) is 0 Å². The molecule has 106 valence electrons. The second-order valence-corrected chi connectivity index (χ2v) is 6.91. The first-order valence-electron chi connectivity index (χ1n) is 7.55. The van der Waals surface area contributed by atoms with E-state index in [1.807, 2.05) is 0 Å². The lowest BCUT2D eigenvalue weighted by atomic mass is 9.86. The molecule has 1 aliphatic carbocycles. The van der Waals surface area contributed by atoms with Crippen LogP contribution in [0.25, 0.3) is 5.57 Å². The van der Waals surface area contributed by atoms with E-state index in [1.54, 1.807) is 0 Å². The number of hydrogen-bond donors (Lipinski definition) is 0. The predicted octanol–water partition coefficient (Wildman–Crippen LogP) is 5.77. The summed E-state index contributed by atoms with van der Waals surface area (Å²) in [6.07, 6.45) is 11.4. The first kappa shape index (κ1) is 14.8. The molecule has 2 unspecified atom stereocenters. The highest BCUT2D eigenvalue weighted by Gasteiger charge is 2.13.